The highest BCUT2D eigenvalue weighted by atomic mass is 35.5. The van der Waals surface area contributed by atoms with Crippen LogP contribution in [0.2, 0.25) is 5.02 Å². The van der Waals surface area contributed by atoms with Crippen LogP contribution in [0.3, 0.4) is 0 Å². The second kappa shape index (κ2) is 8.96. The zero-order valence-electron chi connectivity index (χ0n) is 18.2. The van der Waals surface area contributed by atoms with Crippen molar-refractivity contribution in [1.82, 2.24) is 9.21 Å². The summed E-state index contributed by atoms with van der Waals surface area (Å²) in [6.45, 7) is 2.59. The third kappa shape index (κ3) is 4.03. The van der Waals surface area contributed by atoms with Gasteiger partial charge in [0.1, 0.15) is 0 Å². The van der Waals surface area contributed by atoms with Gasteiger partial charge < -0.3 is 0 Å². The maximum Gasteiger partial charge on any atom is 0.266 e. The summed E-state index contributed by atoms with van der Waals surface area (Å²) in [5, 5.41) is 0.704. The lowest BCUT2D eigenvalue weighted by Gasteiger charge is -2.34. The molecule has 0 unspecified atom stereocenters. The Labute approximate surface area is 203 Å². The topological polar surface area (TPSA) is 78.0 Å². The van der Waals surface area contributed by atoms with Gasteiger partial charge in [-0.15, -0.1) is 0 Å². The minimum atomic E-state index is -3.70. The minimum absolute atomic E-state index is 0.132. The average molecular weight is 496 g/mol. The minimum Gasteiger partial charge on any atom is -0.296 e. The van der Waals surface area contributed by atoms with Crippen molar-refractivity contribution >= 4 is 39.1 Å². The molecule has 2 heterocycles. The van der Waals surface area contributed by atoms with E-state index in [0.29, 0.717) is 54.6 Å². The molecule has 3 aromatic rings. The number of fused-ring (bicyclic) bond motifs is 1. The number of carbonyl (C=O) groups is 2. The molecule has 3 aromatic carbocycles. The van der Waals surface area contributed by atoms with Crippen LogP contribution in [0, 0.1) is 0 Å². The van der Waals surface area contributed by atoms with Gasteiger partial charge in [0.05, 0.1) is 21.7 Å². The van der Waals surface area contributed by atoms with Gasteiger partial charge in [0.25, 0.3) is 11.8 Å². The lowest BCUT2D eigenvalue weighted by Crippen LogP contribution is -2.48. The van der Waals surface area contributed by atoms with E-state index in [1.165, 1.54) is 28.6 Å². The number of halogens is 1. The fourth-order valence-corrected chi connectivity index (χ4v) is 5.95. The second-order valence-electron chi connectivity index (χ2n) is 8.26. The van der Waals surface area contributed by atoms with E-state index in [4.69, 9.17) is 11.6 Å². The molecule has 1 saturated heterocycles. The molecule has 7 nitrogen and oxygen atoms in total. The predicted octanol–water partition coefficient (Wildman–Crippen LogP) is 3.65. The number of nitrogens with zero attached hydrogens (tertiary/aromatic N) is 3. The maximum absolute atomic E-state index is 13.2. The summed E-state index contributed by atoms with van der Waals surface area (Å²) in [5.74, 6) is -0.823. The Bertz CT molecular complexity index is 1330. The third-order valence-corrected chi connectivity index (χ3v) is 8.49. The monoisotopic (exact) mass is 495 g/mol. The Balaban J connectivity index is 1.27. The number of sulfonamides is 1. The summed E-state index contributed by atoms with van der Waals surface area (Å²) in [4.78, 5) is 28.8. The highest BCUT2D eigenvalue weighted by molar-refractivity contribution is 7.89. The van der Waals surface area contributed by atoms with Crippen LogP contribution in [0.5, 0.6) is 0 Å². The summed E-state index contributed by atoms with van der Waals surface area (Å²) in [7, 11) is -3.70. The lowest BCUT2D eigenvalue weighted by atomic mass is 10.1. The molecule has 2 aliphatic heterocycles. The van der Waals surface area contributed by atoms with Gasteiger partial charge in [0.2, 0.25) is 10.0 Å². The first-order valence-electron chi connectivity index (χ1n) is 10.9. The first kappa shape index (κ1) is 22.7. The number of benzene rings is 3. The van der Waals surface area contributed by atoms with Crippen molar-refractivity contribution in [2.45, 2.75) is 11.4 Å². The molecule has 0 atom stereocenters. The number of imide groups is 1. The van der Waals surface area contributed by atoms with E-state index in [9.17, 15) is 18.0 Å². The van der Waals surface area contributed by atoms with Gasteiger partial charge in [0.15, 0.2) is 0 Å². The van der Waals surface area contributed by atoms with E-state index in [2.05, 4.69) is 4.90 Å². The van der Waals surface area contributed by atoms with Crippen molar-refractivity contribution in [3.05, 3.63) is 94.5 Å². The van der Waals surface area contributed by atoms with Gasteiger partial charge in [-0.2, -0.15) is 4.31 Å². The van der Waals surface area contributed by atoms with Crippen molar-refractivity contribution in [2.24, 2.45) is 0 Å². The fourth-order valence-electron chi connectivity index (χ4n) is 4.34. The van der Waals surface area contributed by atoms with E-state index in [1.54, 1.807) is 24.3 Å². The molecule has 2 amide bonds. The van der Waals surface area contributed by atoms with Crippen molar-refractivity contribution in [3.63, 3.8) is 0 Å². The van der Waals surface area contributed by atoms with Crippen molar-refractivity contribution < 1.29 is 18.0 Å². The molecule has 1 fully saturated rings. The van der Waals surface area contributed by atoms with Gasteiger partial charge in [-0.25, -0.2) is 13.3 Å². The fraction of sp³-hybridized carbons (Fsp3) is 0.200. The molecule has 0 radical (unpaired) electrons. The highest BCUT2D eigenvalue weighted by Crippen LogP contribution is 2.29. The number of anilines is 1. The van der Waals surface area contributed by atoms with Crippen molar-refractivity contribution in [3.8, 4) is 0 Å². The molecule has 0 aliphatic carbocycles. The van der Waals surface area contributed by atoms with Crippen LogP contribution < -0.4 is 4.90 Å². The molecule has 0 N–H and O–H groups in total. The third-order valence-electron chi connectivity index (χ3n) is 6.21. The van der Waals surface area contributed by atoms with Gasteiger partial charge in [-0.05, 0) is 48.0 Å². The molecule has 0 spiro atoms. The molecule has 174 valence electrons. The number of amides is 2. The van der Waals surface area contributed by atoms with Crippen LogP contribution in [0.4, 0.5) is 5.69 Å². The Hall–Kier alpha value is -3.04. The summed E-state index contributed by atoms with van der Waals surface area (Å²) >= 11 is 6.25. The van der Waals surface area contributed by atoms with Gasteiger partial charge in [-0.3, -0.25) is 14.5 Å². The first-order chi connectivity index (χ1) is 16.4. The van der Waals surface area contributed by atoms with Crippen molar-refractivity contribution in [1.29, 1.82) is 0 Å². The summed E-state index contributed by atoms with van der Waals surface area (Å²) < 4.78 is 27.8. The van der Waals surface area contributed by atoms with Crippen molar-refractivity contribution in [2.75, 3.05) is 31.1 Å². The lowest BCUT2D eigenvalue weighted by molar-refractivity contribution is 0.0926. The predicted molar refractivity (Wildman–Crippen MR) is 130 cm³/mol. The zero-order chi connectivity index (χ0) is 23.9. The Kier molecular flexibility index (Phi) is 5.99. The normalized spacial score (nSPS) is 17.3. The molecular formula is C25H22ClN3O4S. The Morgan fingerprint density at radius 2 is 1.29 bits per heavy atom. The van der Waals surface area contributed by atoms with E-state index in [1.807, 2.05) is 24.3 Å². The molecule has 0 aromatic heterocycles. The largest absolute Gasteiger partial charge is 0.296 e. The summed E-state index contributed by atoms with van der Waals surface area (Å²) in [6.07, 6.45) is 0. The van der Waals surface area contributed by atoms with Crippen LogP contribution in [-0.2, 0) is 16.6 Å². The number of rotatable bonds is 5. The molecule has 2 aliphatic rings. The Morgan fingerprint density at radius 3 is 1.88 bits per heavy atom. The Morgan fingerprint density at radius 1 is 0.735 bits per heavy atom. The van der Waals surface area contributed by atoms with Crippen LogP contribution in [-0.4, -0.2) is 55.6 Å². The summed E-state index contributed by atoms with van der Waals surface area (Å²) in [6, 6.07) is 20.2. The number of piperazine rings is 1. The van der Waals surface area contributed by atoms with Crippen LogP contribution >= 0.6 is 11.6 Å². The van der Waals surface area contributed by atoms with E-state index in [0.717, 1.165) is 10.5 Å². The van der Waals surface area contributed by atoms with E-state index in [-0.39, 0.29) is 4.90 Å². The van der Waals surface area contributed by atoms with E-state index >= 15 is 0 Å². The van der Waals surface area contributed by atoms with Gasteiger partial charge >= 0.3 is 0 Å². The molecule has 9 heteroatoms. The van der Waals surface area contributed by atoms with Crippen LogP contribution in [0.15, 0.2) is 77.7 Å². The summed E-state index contributed by atoms with van der Waals surface area (Å²) in [5.41, 5.74) is 2.05. The quantitative estimate of drug-likeness (QED) is 0.505. The molecule has 0 saturated carbocycles. The smallest absolute Gasteiger partial charge is 0.266 e. The van der Waals surface area contributed by atoms with Gasteiger partial charge in [-0.1, -0.05) is 41.9 Å². The van der Waals surface area contributed by atoms with Crippen LogP contribution in [0.1, 0.15) is 26.3 Å². The molecule has 0 bridgehead atoms. The van der Waals surface area contributed by atoms with Crippen LogP contribution in [0.25, 0.3) is 0 Å². The zero-order valence-corrected chi connectivity index (χ0v) is 19.8. The first-order valence-corrected chi connectivity index (χ1v) is 12.7. The molecule has 34 heavy (non-hydrogen) atoms. The number of hydrogen-bond acceptors (Lipinski definition) is 5. The average Bonchev–Trinajstić information content (AvgIpc) is 3.11. The standard InChI is InChI=1S/C25H22ClN3O4S/c26-23-8-4-1-5-18(23)17-27-13-15-28(16-14-27)34(32,33)20-11-9-19(10-12-20)29-24(30)21-6-2-3-7-22(21)25(29)31/h1-12H,13-17H2. The number of hydrogen-bond donors (Lipinski definition) is 0. The second-order valence-corrected chi connectivity index (χ2v) is 10.6. The molecular weight excluding hydrogens is 474 g/mol. The van der Waals surface area contributed by atoms with E-state index < -0.39 is 21.8 Å². The number of carbonyl (C=O) groups excluding carboxylic acids is 2. The SMILES string of the molecule is O=C1c2ccccc2C(=O)N1c1ccc(S(=O)(=O)N2CCN(Cc3ccccc3Cl)CC2)cc1. The maximum atomic E-state index is 13.2. The molecule has 5 rings (SSSR count). The van der Waals surface area contributed by atoms with Gasteiger partial charge in [0, 0.05) is 37.7 Å². The highest BCUT2D eigenvalue weighted by Gasteiger charge is 2.36.